The molecule has 0 fully saturated rings. The van der Waals surface area contributed by atoms with E-state index in [1.54, 1.807) is 12.3 Å². The van der Waals surface area contributed by atoms with E-state index in [0.717, 1.165) is 4.47 Å². The van der Waals surface area contributed by atoms with E-state index in [-0.39, 0.29) is 5.56 Å². The summed E-state index contributed by atoms with van der Waals surface area (Å²) in [4.78, 5) is 12.8. The third-order valence-corrected chi connectivity index (χ3v) is 1.24. The Bertz CT molecular complexity index is 212. The van der Waals surface area contributed by atoms with Crippen molar-refractivity contribution in [1.29, 1.82) is 0 Å². The molecule has 0 radical (unpaired) electrons. The van der Waals surface area contributed by atoms with E-state index in [2.05, 4.69) is 20.9 Å². The van der Waals surface area contributed by atoms with Crippen molar-refractivity contribution >= 4 is 15.9 Å². The van der Waals surface area contributed by atoms with E-state index >= 15 is 0 Å². The molecule has 1 heterocycles. The van der Waals surface area contributed by atoms with E-state index in [4.69, 9.17) is 0 Å². The Labute approximate surface area is 82.2 Å². The number of hydrogen-bond acceptors (Lipinski definition) is 1. The van der Waals surface area contributed by atoms with Gasteiger partial charge in [-0.25, -0.2) is 0 Å². The van der Waals surface area contributed by atoms with Gasteiger partial charge in [0.1, 0.15) is 0 Å². The van der Waals surface area contributed by atoms with E-state index in [0.29, 0.717) is 0 Å². The first-order chi connectivity index (χ1) is 5.79. The number of halogens is 1. The summed E-state index contributed by atoms with van der Waals surface area (Å²) < 4.78 is 0.886. The van der Waals surface area contributed by atoms with Crippen LogP contribution in [0, 0.1) is 0 Å². The lowest BCUT2D eigenvalue weighted by Crippen LogP contribution is -1.99. The van der Waals surface area contributed by atoms with Gasteiger partial charge in [0.25, 0.3) is 0 Å². The van der Waals surface area contributed by atoms with Gasteiger partial charge in [-0.3, -0.25) is 4.79 Å². The number of rotatable bonds is 0. The molecule has 0 unspecified atom stereocenters. The van der Waals surface area contributed by atoms with Crippen molar-refractivity contribution < 1.29 is 0 Å². The Balaban J connectivity index is 0. The summed E-state index contributed by atoms with van der Waals surface area (Å²) in [6.07, 6.45) is 1.60. The van der Waals surface area contributed by atoms with Crippen LogP contribution in [0.4, 0.5) is 0 Å². The average Bonchev–Trinajstić information content (AvgIpc) is 2.17. The minimum absolute atomic E-state index is 0.0757. The summed E-state index contributed by atoms with van der Waals surface area (Å²) in [6.45, 7) is 8.00. The molecule has 70 valence electrons. The van der Waals surface area contributed by atoms with Gasteiger partial charge in [-0.15, -0.1) is 0 Å². The van der Waals surface area contributed by atoms with Crippen LogP contribution in [0.25, 0.3) is 0 Å². The molecule has 3 heteroatoms. The SMILES string of the molecule is CC.CC.O=c1ccc(Br)c[nH]1. The molecule has 1 aromatic rings. The fourth-order valence-electron chi connectivity index (χ4n) is 0.392. The second-order valence-electron chi connectivity index (χ2n) is 1.37. The quantitative estimate of drug-likeness (QED) is 0.734. The van der Waals surface area contributed by atoms with Crippen molar-refractivity contribution in [2.75, 3.05) is 0 Å². The smallest absolute Gasteiger partial charge is 0.247 e. The topological polar surface area (TPSA) is 32.9 Å². The summed E-state index contributed by atoms with van der Waals surface area (Å²) >= 11 is 3.18. The molecule has 1 aromatic heterocycles. The molecule has 1 N–H and O–H groups in total. The van der Waals surface area contributed by atoms with Gasteiger partial charge >= 0.3 is 0 Å². The summed E-state index contributed by atoms with van der Waals surface area (Å²) in [7, 11) is 0. The molecule has 0 atom stereocenters. The Hall–Kier alpha value is -0.570. The van der Waals surface area contributed by atoms with Crippen molar-refractivity contribution in [3.05, 3.63) is 33.2 Å². The lowest BCUT2D eigenvalue weighted by molar-refractivity contribution is 1.22. The summed E-state index contributed by atoms with van der Waals surface area (Å²) in [5.41, 5.74) is -0.0757. The largest absolute Gasteiger partial charge is 0.328 e. The maximum atomic E-state index is 10.3. The van der Waals surface area contributed by atoms with Crippen molar-refractivity contribution in [3.63, 3.8) is 0 Å². The number of H-pyrrole nitrogens is 1. The highest BCUT2D eigenvalue weighted by atomic mass is 79.9. The predicted molar refractivity (Wildman–Crippen MR) is 57.5 cm³/mol. The van der Waals surface area contributed by atoms with Crippen LogP contribution in [-0.4, -0.2) is 4.98 Å². The second kappa shape index (κ2) is 10.4. The van der Waals surface area contributed by atoms with E-state index < -0.39 is 0 Å². The molecule has 0 aliphatic rings. The molecule has 12 heavy (non-hydrogen) atoms. The first-order valence-corrected chi connectivity index (χ1v) is 4.92. The standard InChI is InChI=1S/C5H4BrNO.2C2H6/c6-4-1-2-5(8)7-3-4;2*1-2/h1-3H,(H,7,8);2*1-2H3. The summed E-state index contributed by atoms with van der Waals surface area (Å²) in [6, 6.07) is 3.16. The number of nitrogens with one attached hydrogen (secondary N) is 1. The third kappa shape index (κ3) is 7.54. The van der Waals surface area contributed by atoms with E-state index in [1.165, 1.54) is 6.07 Å². The molecule has 0 saturated carbocycles. The van der Waals surface area contributed by atoms with Crippen LogP contribution in [0.5, 0.6) is 0 Å². The van der Waals surface area contributed by atoms with Gasteiger partial charge in [0, 0.05) is 16.7 Å². The zero-order valence-electron chi connectivity index (χ0n) is 8.02. The van der Waals surface area contributed by atoms with Crippen molar-refractivity contribution in [3.8, 4) is 0 Å². The molecule has 0 bridgehead atoms. The van der Waals surface area contributed by atoms with E-state index in [1.807, 2.05) is 27.7 Å². The van der Waals surface area contributed by atoms with Gasteiger partial charge in [-0.05, 0) is 22.0 Å². The minimum atomic E-state index is -0.0757. The van der Waals surface area contributed by atoms with Crippen LogP contribution < -0.4 is 5.56 Å². The van der Waals surface area contributed by atoms with Crippen LogP contribution in [0.15, 0.2) is 27.6 Å². The zero-order valence-corrected chi connectivity index (χ0v) is 9.60. The van der Waals surface area contributed by atoms with Crippen molar-refractivity contribution in [1.82, 2.24) is 4.98 Å². The minimum Gasteiger partial charge on any atom is -0.328 e. The maximum absolute atomic E-state index is 10.3. The lowest BCUT2D eigenvalue weighted by atomic mass is 10.5. The lowest BCUT2D eigenvalue weighted by Gasteiger charge is -1.82. The van der Waals surface area contributed by atoms with Crippen LogP contribution >= 0.6 is 15.9 Å². The third-order valence-electron chi connectivity index (χ3n) is 0.746. The number of hydrogen-bond donors (Lipinski definition) is 1. The molecule has 0 aliphatic carbocycles. The molecule has 0 saturated heterocycles. The summed E-state index contributed by atoms with van der Waals surface area (Å²) in [5, 5.41) is 0. The molecular formula is C9H16BrNO. The molecule has 0 spiro atoms. The molecule has 0 aromatic carbocycles. The molecule has 2 nitrogen and oxygen atoms in total. The van der Waals surface area contributed by atoms with E-state index in [9.17, 15) is 4.79 Å². The van der Waals surface area contributed by atoms with Gasteiger partial charge in [0.2, 0.25) is 5.56 Å². The van der Waals surface area contributed by atoms with Crippen LogP contribution in [0.3, 0.4) is 0 Å². The van der Waals surface area contributed by atoms with Crippen LogP contribution in [0.1, 0.15) is 27.7 Å². The molecule has 0 amide bonds. The van der Waals surface area contributed by atoms with Crippen LogP contribution in [0.2, 0.25) is 0 Å². The summed E-state index contributed by atoms with van der Waals surface area (Å²) in [5.74, 6) is 0. The van der Waals surface area contributed by atoms with Gasteiger partial charge < -0.3 is 4.98 Å². The first-order valence-electron chi connectivity index (χ1n) is 4.13. The predicted octanol–water partition coefficient (Wildman–Crippen LogP) is 3.19. The number of aromatic nitrogens is 1. The monoisotopic (exact) mass is 233 g/mol. The Kier molecular flexibility index (Phi) is 12.2. The molecule has 1 rings (SSSR count). The normalized spacial score (nSPS) is 7.08. The average molecular weight is 234 g/mol. The second-order valence-corrected chi connectivity index (χ2v) is 2.29. The molecular weight excluding hydrogens is 218 g/mol. The van der Waals surface area contributed by atoms with Gasteiger partial charge in [0.15, 0.2) is 0 Å². The fraction of sp³-hybridized carbons (Fsp3) is 0.444. The van der Waals surface area contributed by atoms with Gasteiger partial charge in [-0.2, -0.15) is 0 Å². The Morgan fingerprint density at radius 3 is 1.92 bits per heavy atom. The fourth-order valence-corrected chi connectivity index (χ4v) is 0.638. The maximum Gasteiger partial charge on any atom is 0.247 e. The van der Waals surface area contributed by atoms with Crippen molar-refractivity contribution in [2.45, 2.75) is 27.7 Å². The van der Waals surface area contributed by atoms with Crippen molar-refractivity contribution in [2.24, 2.45) is 0 Å². The Morgan fingerprint density at radius 1 is 1.17 bits per heavy atom. The zero-order chi connectivity index (χ0) is 9.98. The Morgan fingerprint density at radius 2 is 1.67 bits per heavy atom. The highest BCUT2D eigenvalue weighted by Gasteiger charge is 1.80. The molecule has 0 aliphatic heterocycles. The van der Waals surface area contributed by atoms with Crippen LogP contribution in [-0.2, 0) is 0 Å². The highest BCUT2D eigenvalue weighted by molar-refractivity contribution is 9.10. The highest BCUT2D eigenvalue weighted by Crippen LogP contribution is 2.01. The number of aromatic amines is 1. The first kappa shape index (κ1) is 14.0. The number of pyridine rings is 1. The van der Waals surface area contributed by atoms with Gasteiger partial charge in [-0.1, -0.05) is 27.7 Å². The van der Waals surface area contributed by atoms with Gasteiger partial charge in [0.05, 0.1) is 0 Å².